The molecule has 1 N–H and O–H groups in total. The van der Waals surface area contributed by atoms with E-state index in [2.05, 4.69) is 36.2 Å². The Morgan fingerprint density at radius 3 is 2.85 bits per heavy atom. The van der Waals surface area contributed by atoms with Crippen LogP contribution in [-0.4, -0.2) is 16.7 Å². The third kappa shape index (κ3) is 3.44. The molecule has 0 atom stereocenters. The number of nitrogens with one attached hydrogen (secondary N) is 1. The monoisotopic (exact) mass is 183 g/mol. The zero-order chi connectivity index (χ0) is 9.68. The van der Waals surface area contributed by atoms with Crippen molar-refractivity contribution >= 4 is 6.01 Å². The Labute approximate surface area is 78.7 Å². The fraction of sp³-hybridized carbons (Fsp3) is 0.778. The lowest BCUT2D eigenvalue weighted by molar-refractivity contribution is 0.417. The highest BCUT2D eigenvalue weighted by molar-refractivity contribution is 5.17. The standard InChI is InChI=1S/C9H17N3O/c1-4-5-10-9-11-8(12-13-9)6-7(2)3/h7H,4-6H2,1-3H3,(H,10,11,12). The summed E-state index contributed by atoms with van der Waals surface area (Å²) >= 11 is 0. The predicted molar refractivity (Wildman–Crippen MR) is 51.6 cm³/mol. The van der Waals surface area contributed by atoms with Gasteiger partial charge in [-0.15, -0.1) is 0 Å². The zero-order valence-electron chi connectivity index (χ0n) is 8.50. The fourth-order valence-electron chi connectivity index (χ4n) is 1.01. The Kier molecular flexibility index (Phi) is 3.73. The molecule has 1 rings (SSSR count). The van der Waals surface area contributed by atoms with Crippen LogP contribution in [0.2, 0.25) is 0 Å². The van der Waals surface area contributed by atoms with E-state index >= 15 is 0 Å². The number of aromatic nitrogens is 2. The van der Waals surface area contributed by atoms with Gasteiger partial charge in [-0.3, -0.25) is 0 Å². The SMILES string of the molecule is CCCNc1nc(CC(C)C)no1. The average molecular weight is 183 g/mol. The summed E-state index contributed by atoms with van der Waals surface area (Å²) in [6.45, 7) is 7.24. The van der Waals surface area contributed by atoms with Crippen molar-refractivity contribution in [1.82, 2.24) is 10.1 Å². The van der Waals surface area contributed by atoms with Gasteiger partial charge in [-0.05, 0) is 12.3 Å². The van der Waals surface area contributed by atoms with Gasteiger partial charge in [0.25, 0.3) is 0 Å². The lowest BCUT2D eigenvalue weighted by Crippen LogP contribution is -2.00. The molecule has 0 saturated heterocycles. The van der Waals surface area contributed by atoms with Gasteiger partial charge < -0.3 is 9.84 Å². The van der Waals surface area contributed by atoms with Crippen molar-refractivity contribution < 1.29 is 4.52 Å². The zero-order valence-corrected chi connectivity index (χ0v) is 8.50. The summed E-state index contributed by atoms with van der Waals surface area (Å²) in [7, 11) is 0. The molecule has 0 unspecified atom stereocenters. The molecule has 0 saturated carbocycles. The maximum Gasteiger partial charge on any atom is 0.321 e. The molecule has 4 nitrogen and oxygen atoms in total. The van der Waals surface area contributed by atoms with Gasteiger partial charge in [0, 0.05) is 13.0 Å². The maximum absolute atomic E-state index is 5.00. The summed E-state index contributed by atoms with van der Waals surface area (Å²) in [6.07, 6.45) is 1.93. The van der Waals surface area contributed by atoms with E-state index in [9.17, 15) is 0 Å². The van der Waals surface area contributed by atoms with Crippen molar-refractivity contribution in [3.63, 3.8) is 0 Å². The molecule has 0 bridgehead atoms. The van der Waals surface area contributed by atoms with E-state index in [4.69, 9.17) is 4.52 Å². The van der Waals surface area contributed by atoms with Crippen molar-refractivity contribution in [1.29, 1.82) is 0 Å². The normalized spacial score (nSPS) is 10.8. The molecule has 0 aromatic carbocycles. The second-order valence-electron chi connectivity index (χ2n) is 3.54. The molecular formula is C9H17N3O. The molecule has 13 heavy (non-hydrogen) atoms. The summed E-state index contributed by atoms with van der Waals surface area (Å²) in [5.41, 5.74) is 0. The van der Waals surface area contributed by atoms with Crippen LogP contribution in [0.4, 0.5) is 6.01 Å². The summed E-state index contributed by atoms with van der Waals surface area (Å²) in [6, 6.07) is 0.539. The molecule has 1 aromatic rings. The first-order valence-corrected chi connectivity index (χ1v) is 4.78. The van der Waals surface area contributed by atoms with Crippen LogP contribution in [-0.2, 0) is 6.42 Å². The highest BCUT2D eigenvalue weighted by atomic mass is 16.5. The van der Waals surface area contributed by atoms with Gasteiger partial charge in [0.1, 0.15) is 0 Å². The third-order valence-corrected chi connectivity index (χ3v) is 1.59. The van der Waals surface area contributed by atoms with Crippen molar-refractivity contribution in [2.45, 2.75) is 33.6 Å². The van der Waals surface area contributed by atoms with Gasteiger partial charge in [0.15, 0.2) is 5.82 Å². The molecule has 4 heteroatoms. The Hall–Kier alpha value is -1.06. The van der Waals surface area contributed by atoms with Crippen LogP contribution < -0.4 is 5.32 Å². The second-order valence-corrected chi connectivity index (χ2v) is 3.54. The summed E-state index contributed by atoms with van der Waals surface area (Å²) in [5, 5.41) is 6.91. The number of anilines is 1. The van der Waals surface area contributed by atoms with Crippen LogP contribution in [0.3, 0.4) is 0 Å². The topological polar surface area (TPSA) is 51.0 Å². The summed E-state index contributed by atoms with van der Waals surface area (Å²) in [4.78, 5) is 4.20. The molecule has 0 aliphatic heterocycles. The van der Waals surface area contributed by atoms with Crippen LogP contribution in [0.15, 0.2) is 4.52 Å². The highest BCUT2D eigenvalue weighted by Crippen LogP contribution is 2.07. The maximum atomic E-state index is 5.00. The lowest BCUT2D eigenvalue weighted by Gasteiger charge is -1.96. The molecule has 74 valence electrons. The number of nitrogens with zero attached hydrogens (tertiary/aromatic N) is 2. The summed E-state index contributed by atoms with van der Waals surface area (Å²) < 4.78 is 5.00. The second kappa shape index (κ2) is 4.84. The molecule has 0 spiro atoms. The van der Waals surface area contributed by atoms with Gasteiger partial charge >= 0.3 is 6.01 Å². The van der Waals surface area contributed by atoms with Gasteiger partial charge in [-0.2, -0.15) is 4.98 Å². The third-order valence-electron chi connectivity index (χ3n) is 1.59. The van der Waals surface area contributed by atoms with Crippen LogP contribution in [0.5, 0.6) is 0 Å². The number of hydrogen-bond acceptors (Lipinski definition) is 4. The van der Waals surface area contributed by atoms with Crippen molar-refractivity contribution in [3.05, 3.63) is 5.82 Å². The Balaban J connectivity index is 2.44. The average Bonchev–Trinajstić information content (AvgIpc) is 2.48. The van der Waals surface area contributed by atoms with E-state index in [1.54, 1.807) is 0 Å². The molecule has 1 aromatic heterocycles. The minimum atomic E-state index is 0.539. The molecule has 0 fully saturated rings. The number of hydrogen-bond donors (Lipinski definition) is 1. The minimum Gasteiger partial charge on any atom is -0.338 e. The highest BCUT2D eigenvalue weighted by Gasteiger charge is 2.06. The molecule has 0 aliphatic rings. The van der Waals surface area contributed by atoms with Gasteiger partial charge in [-0.25, -0.2) is 0 Å². The molecule has 0 radical (unpaired) electrons. The van der Waals surface area contributed by atoms with Crippen molar-refractivity contribution in [2.24, 2.45) is 5.92 Å². The van der Waals surface area contributed by atoms with Crippen LogP contribution in [0.1, 0.15) is 33.0 Å². The smallest absolute Gasteiger partial charge is 0.321 e. The minimum absolute atomic E-state index is 0.539. The first kappa shape index (κ1) is 10.0. The summed E-state index contributed by atoms with van der Waals surface area (Å²) in [5.74, 6) is 1.35. The van der Waals surface area contributed by atoms with E-state index in [-0.39, 0.29) is 0 Å². The van der Waals surface area contributed by atoms with Gasteiger partial charge in [-0.1, -0.05) is 25.9 Å². The van der Waals surface area contributed by atoms with Crippen LogP contribution >= 0.6 is 0 Å². The molecule has 0 aliphatic carbocycles. The van der Waals surface area contributed by atoms with E-state index in [1.165, 1.54) is 0 Å². The largest absolute Gasteiger partial charge is 0.338 e. The Morgan fingerprint density at radius 1 is 1.46 bits per heavy atom. The van der Waals surface area contributed by atoms with E-state index in [0.29, 0.717) is 11.9 Å². The first-order chi connectivity index (χ1) is 6.22. The van der Waals surface area contributed by atoms with E-state index in [1.807, 2.05) is 0 Å². The van der Waals surface area contributed by atoms with E-state index < -0.39 is 0 Å². The van der Waals surface area contributed by atoms with Crippen molar-refractivity contribution in [3.8, 4) is 0 Å². The lowest BCUT2D eigenvalue weighted by atomic mass is 10.1. The van der Waals surface area contributed by atoms with E-state index in [0.717, 1.165) is 25.2 Å². The molecule has 0 amide bonds. The van der Waals surface area contributed by atoms with Gasteiger partial charge in [0.05, 0.1) is 0 Å². The number of rotatable bonds is 5. The van der Waals surface area contributed by atoms with Gasteiger partial charge in [0.2, 0.25) is 0 Å². The van der Waals surface area contributed by atoms with Crippen LogP contribution in [0, 0.1) is 5.92 Å². The quantitative estimate of drug-likeness (QED) is 0.759. The van der Waals surface area contributed by atoms with Crippen molar-refractivity contribution in [2.75, 3.05) is 11.9 Å². The fourth-order valence-corrected chi connectivity index (χ4v) is 1.01. The predicted octanol–water partition coefficient (Wildman–Crippen LogP) is 2.09. The van der Waals surface area contributed by atoms with Crippen LogP contribution in [0.25, 0.3) is 0 Å². The Morgan fingerprint density at radius 2 is 2.23 bits per heavy atom. The molecule has 1 heterocycles. The Bertz CT molecular complexity index is 245. The first-order valence-electron chi connectivity index (χ1n) is 4.78. The molecular weight excluding hydrogens is 166 g/mol.